The van der Waals surface area contributed by atoms with Gasteiger partial charge in [-0.3, -0.25) is 14.6 Å². The summed E-state index contributed by atoms with van der Waals surface area (Å²) in [6.07, 6.45) is -1.14. The molecule has 1 atom stereocenters. The van der Waals surface area contributed by atoms with Crippen LogP contribution < -0.4 is 4.90 Å². The van der Waals surface area contributed by atoms with E-state index >= 15 is 0 Å². The second-order valence-electron chi connectivity index (χ2n) is 9.01. The number of halogens is 4. The predicted octanol–water partition coefficient (Wildman–Crippen LogP) is 5.22. The van der Waals surface area contributed by atoms with Gasteiger partial charge in [-0.2, -0.15) is 0 Å². The van der Waals surface area contributed by atoms with Gasteiger partial charge in [0.05, 0.1) is 5.69 Å². The smallest absolute Gasteiger partial charge is 0.268 e. The van der Waals surface area contributed by atoms with E-state index < -0.39 is 38.8 Å². The van der Waals surface area contributed by atoms with Gasteiger partial charge in [-0.1, -0.05) is 46.9 Å². The Morgan fingerprint density at radius 1 is 1.00 bits per heavy atom. The van der Waals surface area contributed by atoms with E-state index in [0.29, 0.717) is 0 Å². The number of likely N-dealkylation sites (N-methyl/N-ethyl adjacent to an activating group) is 1. The van der Waals surface area contributed by atoms with E-state index in [1.54, 1.807) is 6.07 Å². The van der Waals surface area contributed by atoms with E-state index in [9.17, 15) is 14.0 Å². The van der Waals surface area contributed by atoms with Crippen LogP contribution in [0, 0.1) is 5.82 Å². The largest absolute Gasteiger partial charge is 0.337 e. The van der Waals surface area contributed by atoms with Crippen molar-refractivity contribution in [2.45, 2.75) is 62.6 Å². The number of urea groups is 1. The van der Waals surface area contributed by atoms with Crippen LogP contribution in [0.4, 0.5) is 14.9 Å². The minimum Gasteiger partial charge on any atom is -0.268 e. The molecule has 166 valence electrons. The summed E-state index contributed by atoms with van der Waals surface area (Å²) in [6, 6.07) is 4.85. The van der Waals surface area contributed by atoms with Gasteiger partial charge in [-0.25, -0.2) is 19.1 Å². The van der Waals surface area contributed by atoms with Crippen molar-refractivity contribution in [1.82, 2.24) is 9.80 Å². The molecule has 0 N–H and O–H groups in total. The number of para-hydroxylation sites is 1. The van der Waals surface area contributed by atoms with Crippen LogP contribution in [-0.2, 0) is 4.79 Å². The maximum Gasteiger partial charge on any atom is 0.337 e. The first kappa shape index (κ1) is 24.9. The highest BCUT2D eigenvalue weighted by Crippen LogP contribution is 2.41. The summed E-state index contributed by atoms with van der Waals surface area (Å²) in [5.41, 5.74) is -1.17. The van der Waals surface area contributed by atoms with Crippen LogP contribution in [-0.4, -0.2) is 55.7 Å². The van der Waals surface area contributed by atoms with Gasteiger partial charge in [0.1, 0.15) is 5.82 Å². The van der Waals surface area contributed by atoms with Crippen molar-refractivity contribution in [2.75, 3.05) is 11.9 Å². The molecular weight excluding hydrogens is 454 g/mol. The van der Waals surface area contributed by atoms with Crippen LogP contribution in [0.25, 0.3) is 0 Å². The zero-order valence-corrected chi connectivity index (χ0v) is 20.3. The number of imide groups is 1. The van der Waals surface area contributed by atoms with Gasteiger partial charge in [0.2, 0.25) is 9.63 Å². The molecule has 3 amide bonds. The minimum absolute atomic E-state index is 0.111. The molecule has 0 aliphatic carbocycles. The van der Waals surface area contributed by atoms with E-state index in [-0.39, 0.29) is 11.5 Å². The zero-order chi connectivity index (χ0) is 23.2. The molecule has 6 nitrogen and oxygen atoms in total. The van der Waals surface area contributed by atoms with Crippen LogP contribution in [0.15, 0.2) is 29.3 Å². The van der Waals surface area contributed by atoms with Crippen LogP contribution in [0.2, 0.25) is 0 Å². The van der Waals surface area contributed by atoms with Crippen LogP contribution in [0.5, 0.6) is 0 Å². The lowest BCUT2D eigenvalue weighted by molar-refractivity contribution is -0.119. The highest BCUT2D eigenvalue weighted by Gasteiger charge is 2.49. The molecule has 1 fully saturated rings. The lowest BCUT2D eigenvalue weighted by Crippen LogP contribution is -2.61. The summed E-state index contributed by atoms with van der Waals surface area (Å²) in [5.74, 6) is -1.72. The summed E-state index contributed by atoms with van der Waals surface area (Å²) in [4.78, 5) is 33.7. The Kier molecular flexibility index (Phi) is 6.85. The van der Waals surface area contributed by atoms with Crippen LogP contribution in [0.1, 0.15) is 41.5 Å². The van der Waals surface area contributed by atoms with Crippen molar-refractivity contribution in [3.05, 3.63) is 30.1 Å². The average Bonchev–Trinajstić information content (AvgIpc) is 2.76. The molecule has 0 aromatic heterocycles. The first-order chi connectivity index (χ1) is 13.5. The second kappa shape index (κ2) is 8.26. The summed E-state index contributed by atoms with van der Waals surface area (Å²) in [6.45, 7) is 11.5. The number of alkyl halides is 3. The molecule has 1 saturated heterocycles. The molecule has 0 bridgehead atoms. The molecule has 0 radical (unpaired) electrons. The number of carbonyl (C=O) groups is 2. The molecule has 30 heavy (non-hydrogen) atoms. The van der Waals surface area contributed by atoms with E-state index in [1.807, 2.05) is 46.4 Å². The molecule has 0 spiro atoms. The Morgan fingerprint density at radius 2 is 1.50 bits per heavy atom. The fourth-order valence-corrected chi connectivity index (χ4v) is 4.11. The molecule has 0 saturated carbocycles. The molecule has 1 aliphatic heterocycles. The van der Waals surface area contributed by atoms with Gasteiger partial charge >= 0.3 is 6.03 Å². The molecule has 10 heteroatoms. The second-order valence-corrected chi connectivity index (χ2v) is 11.4. The predicted molar refractivity (Wildman–Crippen MR) is 120 cm³/mol. The minimum atomic E-state index is -1.95. The van der Waals surface area contributed by atoms with Gasteiger partial charge in [-0.05, 0) is 53.7 Å². The molecule has 1 unspecified atom stereocenters. The summed E-state index contributed by atoms with van der Waals surface area (Å²) in [5, 5.41) is 0. The number of carbonyl (C=O) groups excluding carboxylic acids is 2. The van der Waals surface area contributed by atoms with Gasteiger partial charge < -0.3 is 0 Å². The topological polar surface area (TPSA) is 56.2 Å². The van der Waals surface area contributed by atoms with E-state index in [1.165, 1.54) is 25.2 Å². The molecule has 1 aromatic rings. The molecule has 1 heterocycles. The van der Waals surface area contributed by atoms with E-state index in [2.05, 4.69) is 4.99 Å². The third-order valence-electron chi connectivity index (χ3n) is 4.51. The first-order valence-electron chi connectivity index (χ1n) is 9.28. The summed E-state index contributed by atoms with van der Waals surface area (Å²) < 4.78 is 12.5. The zero-order valence-electron chi connectivity index (χ0n) is 18.0. The SMILES string of the molecule is CN1C(=O)C(=NC(N(C(C)(C)C)C(C)(C)C)C(Cl)(Cl)Cl)N(c2ccccc2F)C1=O. The van der Waals surface area contributed by atoms with Crippen molar-refractivity contribution in [3.8, 4) is 0 Å². The highest BCUT2D eigenvalue weighted by molar-refractivity contribution is 6.68. The van der Waals surface area contributed by atoms with Crippen LogP contribution in [0.3, 0.4) is 0 Å². The van der Waals surface area contributed by atoms with Crippen molar-refractivity contribution in [2.24, 2.45) is 4.99 Å². The van der Waals surface area contributed by atoms with Gasteiger partial charge in [0, 0.05) is 18.1 Å². The van der Waals surface area contributed by atoms with Crippen molar-refractivity contribution in [3.63, 3.8) is 0 Å². The molecule has 2 rings (SSSR count). The number of amidine groups is 1. The Morgan fingerprint density at radius 3 is 1.93 bits per heavy atom. The maximum atomic E-state index is 14.5. The number of anilines is 1. The van der Waals surface area contributed by atoms with Gasteiger partial charge in [0.15, 0.2) is 6.17 Å². The highest BCUT2D eigenvalue weighted by atomic mass is 35.6. The molecular formula is C20H26Cl3FN4O2. The third kappa shape index (κ3) is 4.90. The number of hydrogen-bond donors (Lipinski definition) is 0. The number of aliphatic imine (C=N–C) groups is 1. The van der Waals surface area contributed by atoms with E-state index in [0.717, 1.165) is 9.80 Å². The molecule has 1 aliphatic rings. The summed E-state index contributed by atoms with van der Waals surface area (Å²) >= 11 is 18.9. The van der Waals surface area contributed by atoms with E-state index in [4.69, 9.17) is 34.8 Å². The number of hydrogen-bond acceptors (Lipinski definition) is 4. The Bertz CT molecular complexity index is 858. The normalized spacial score (nSPS) is 18.7. The first-order valence-corrected chi connectivity index (χ1v) is 10.4. The Hall–Kier alpha value is -1.41. The lowest BCUT2D eigenvalue weighted by atomic mass is 9.95. The molecule has 1 aromatic carbocycles. The quantitative estimate of drug-likeness (QED) is 0.441. The Balaban J connectivity index is 2.75. The average molecular weight is 480 g/mol. The van der Waals surface area contributed by atoms with Gasteiger partial charge in [-0.15, -0.1) is 0 Å². The number of benzene rings is 1. The number of nitrogens with zero attached hydrogens (tertiary/aromatic N) is 4. The fourth-order valence-electron chi connectivity index (χ4n) is 3.67. The Labute approximate surface area is 191 Å². The standard InChI is InChI=1S/C20H26Cl3FN4O2/c1-18(2,3)28(19(4,5)6)16(20(21,22)23)25-14-15(29)26(7)17(30)27(14)13-11-9-8-10-12(13)24/h8-11,16H,1-7H3. The van der Waals surface area contributed by atoms with Crippen molar-refractivity contribution < 1.29 is 14.0 Å². The fraction of sp³-hybridized carbons (Fsp3) is 0.550. The number of amides is 3. The van der Waals surface area contributed by atoms with Gasteiger partial charge in [0.25, 0.3) is 5.91 Å². The maximum absolute atomic E-state index is 14.5. The third-order valence-corrected chi connectivity index (χ3v) is 5.09. The summed E-state index contributed by atoms with van der Waals surface area (Å²) in [7, 11) is 1.29. The van der Waals surface area contributed by atoms with Crippen LogP contribution >= 0.6 is 34.8 Å². The number of rotatable bonds is 3. The van der Waals surface area contributed by atoms with Crippen molar-refractivity contribution >= 4 is 58.3 Å². The lowest BCUT2D eigenvalue weighted by Gasteiger charge is -2.50. The monoisotopic (exact) mass is 478 g/mol. The van der Waals surface area contributed by atoms with Crippen molar-refractivity contribution in [1.29, 1.82) is 0 Å².